The van der Waals surface area contributed by atoms with Crippen LogP contribution in [0.25, 0.3) is 10.8 Å². The second-order valence-corrected chi connectivity index (χ2v) is 2.82. The maximum atomic E-state index is 8.36. The van der Waals surface area contributed by atoms with E-state index in [0.29, 0.717) is 0 Å². The van der Waals surface area contributed by atoms with E-state index in [1.54, 1.807) is 7.11 Å². The van der Waals surface area contributed by atoms with Crippen molar-refractivity contribution in [3.05, 3.63) is 42.5 Å². The Balaban J connectivity index is 0.000000337. The number of carbonyl (C=O) groups is 1. The van der Waals surface area contributed by atoms with Crippen LogP contribution in [0.5, 0.6) is 5.75 Å². The zero-order chi connectivity index (χ0) is 11.1. The predicted molar refractivity (Wildman–Crippen MR) is 59.2 cm³/mol. The topological polar surface area (TPSA) is 46.5 Å². The van der Waals surface area contributed by atoms with E-state index < -0.39 is 0 Å². The van der Waals surface area contributed by atoms with E-state index in [0.717, 1.165) is 5.75 Å². The molecule has 0 amide bonds. The molecule has 2 aromatic carbocycles. The second-order valence-electron chi connectivity index (χ2n) is 2.82. The standard InChI is InChI=1S/C11H10O.CH2O2/c1-12-11-7-6-9-4-2-3-5-10(9)8-11;2-1-3/h2-8H,1H3;1H,(H,2,3). The fourth-order valence-electron chi connectivity index (χ4n) is 1.29. The molecule has 1 N–H and O–H groups in total. The Bertz CT molecular complexity index is 438. The summed E-state index contributed by atoms with van der Waals surface area (Å²) in [6, 6.07) is 14.3. The summed E-state index contributed by atoms with van der Waals surface area (Å²) in [5.74, 6) is 0.911. The van der Waals surface area contributed by atoms with Crippen molar-refractivity contribution in [2.75, 3.05) is 7.11 Å². The minimum atomic E-state index is -0.250. The average Bonchev–Trinajstić information content (AvgIpc) is 2.29. The van der Waals surface area contributed by atoms with Crippen LogP contribution in [0.15, 0.2) is 42.5 Å². The highest BCUT2D eigenvalue weighted by Gasteiger charge is 1.93. The van der Waals surface area contributed by atoms with Crippen molar-refractivity contribution in [2.45, 2.75) is 0 Å². The molecule has 0 fully saturated rings. The number of hydrogen-bond acceptors (Lipinski definition) is 2. The first-order valence-corrected chi connectivity index (χ1v) is 4.42. The van der Waals surface area contributed by atoms with Crippen LogP contribution in [0.1, 0.15) is 0 Å². The van der Waals surface area contributed by atoms with Gasteiger partial charge in [0.2, 0.25) is 0 Å². The molecule has 0 radical (unpaired) electrons. The zero-order valence-electron chi connectivity index (χ0n) is 8.38. The molecule has 0 saturated carbocycles. The van der Waals surface area contributed by atoms with Crippen molar-refractivity contribution < 1.29 is 14.6 Å². The average molecular weight is 204 g/mol. The molecule has 0 aliphatic rings. The molecular weight excluding hydrogens is 192 g/mol. The predicted octanol–water partition coefficient (Wildman–Crippen LogP) is 2.55. The van der Waals surface area contributed by atoms with Crippen molar-refractivity contribution >= 4 is 17.2 Å². The molecule has 0 unspecified atom stereocenters. The third-order valence-electron chi connectivity index (χ3n) is 1.96. The monoisotopic (exact) mass is 204 g/mol. The minimum absolute atomic E-state index is 0.250. The lowest BCUT2D eigenvalue weighted by molar-refractivity contribution is -0.122. The van der Waals surface area contributed by atoms with Crippen LogP contribution < -0.4 is 4.74 Å². The summed E-state index contributed by atoms with van der Waals surface area (Å²) in [6.45, 7) is -0.250. The Kier molecular flexibility index (Phi) is 4.16. The summed E-state index contributed by atoms with van der Waals surface area (Å²) in [6.07, 6.45) is 0. The number of hydrogen-bond donors (Lipinski definition) is 1. The molecule has 0 atom stereocenters. The van der Waals surface area contributed by atoms with Gasteiger partial charge in [-0.2, -0.15) is 0 Å². The SMILES string of the molecule is COc1ccc2ccccc2c1.O=CO. The summed E-state index contributed by atoms with van der Waals surface area (Å²) in [5, 5.41) is 9.36. The lowest BCUT2D eigenvalue weighted by Gasteiger charge is -2.00. The van der Waals surface area contributed by atoms with Crippen molar-refractivity contribution in [2.24, 2.45) is 0 Å². The van der Waals surface area contributed by atoms with E-state index in [1.807, 2.05) is 24.3 Å². The van der Waals surface area contributed by atoms with Gasteiger partial charge >= 0.3 is 0 Å². The van der Waals surface area contributed by atoms with Crippen LogP contribution in [0.4, 0.5) is 0 Å². The van der Waals surface area contributed by atoms with Crippen LogP contribution in [0.2, 0.25) is 0 Å². The molecule has 78 valence electrons. The van der Waals surface area contributed by atoms with Crippen molar-refractivity contribution in [1.82, 2.24) is 0 Å². The highest BCUT2D eigenvalue weighted by Crippen LogP contribution is 2.19. The number of rotatable bonds is 1. The van der Waals surface area contributed by atoms with Crippen LogP contribution in [-0.4, -0.2) is 18.7 Å². The molecule has 0 aliphatic carbocycles. The van der Waals surface area contributed by atoms with Gasteiger partial charge in [0.1, 0.15) is 5.75 Å². The Morgan fingerprint density at radius 2 is 1.73 bits per heavy atom. The smallest absolute Gasteiger partial charge is 0.290 e. The lowest BCUT2D eigenvalue weighted by Crippen LogP contribution is -1.81. The fourth-order valence-corrected chi connectivity index (χ4v) is 1.29. The summed E-state index contributed by atoms with van der Waals surface area (Å²) in [4.78, 5) is 8.36. The second kappa shape index (κ2) is 5.65. The summed E-state index contributed by atoms with van der Waals surface area (Å²) in [5.41, 5.74) is 0. The van der Waals surface area contributed by atoms with Crippen molar-refractivity contribution in [3.63, 3.8) is 0 Å². The molecule has 0 heterocycles. The third-order valence-corrected chi connectivity index (χ3v) is 1.96. The molecule has 15 heavy (non-hydrogen) atoms. The van der Waals surface area contributed by atoms with Crippen LogP contribution >= 0.6 is 0 Å². The van der Waals surface area contributed by atoms with E-state index in [2.05, 4.69) is 18.2 Å². The van der Waals surface area contributed by atoms with E-state index in [9.17, 15) is 0 Å². The first-order chi connectivity index (χ1) is 7.31. The normalized spacial score (nSPS) is 8.87. The molecule has 0 spiro atoms. The molecule has 0 saturated heterocycles. The number of ether oxygens (including phenoxy) is 1. The van der Waals surface area contributed by atoms with Crippen LogP contribution in [-0.2, 0) is 4.79 Å². The largest absolute Gasteiger partial charge is 0.497 e. The highest BCUT2D eigenvalue weighted by atomic mass is 16.5. The van der Waals surface area contributed by atoms with Gasteiger partial charge in [-0.1, -0.05) is 30.3 Å². The summed E-state index contributed by atoms with van der Waals surface area (Å²) >= 11 is 0. The lowest BCUT2D eigenvalue weighted by atomic mass is 10.1. The Morgan fingerprint density at radius 3 is 2.33 bits per heavy atom. The summed E-state index contributed by atoms with van der Waals surface area (Å²) < 4.78 is 5.12. The van der Waals surface area contributed by atoms with Crippen LogP contribution in [0, 0.1) is 0 Å². The Morgan fingerprint density at radius 1 is 1.13 bits per heavy atom. The van der Waals surface area contributed by atoms with Gasteiger partial charge < -0.3 is 9.84 Å². The summed E-state index contributed by atoms with van der Waals surface area (Å²) in [7, 11) is 1.68. The number of benzene rings is 2. The molecule has 0 bridgehead atoms. The van der Waals surface area contributed by atoms with E-state index in [1.165, 1.54) is 10.8 Å². The maximum absolute atomic E-state index is 8.36. The number of fused-ring (bicyclic) bond motifs is 1. The molecule has 3 heteroatoms. The third kappa shape index (κ3) is 2.98. The maximum Gasteiger partial charge on any atom is 0.290 e. The van der Waals surface area contributed by atoms with Gasteiger partial charge in [0.25, 0.3) is 6.47 Å². The fraction of sp³-hybridized carbons (Fsp3) is 0.0833. The van der Waals surface area contributed by atoms with Gasteiger partial charge in [0.15, 0.2) is 0 Å². The number of methoxy groups -OCH3 is 1. The molecule has 2 aromatic rings. The van der Waals surface area contributed by atoms with Crippen molar-refractivity contribution in [1.29, 1.82) is 0 Å². The molecule has 2 rings (SSSR count). The Hall–Kier alpha value is -2.03. The van der Waals surface area contributed by atoms with E-state index in [-0.39, 0.29) is 6.47 Å². The zero-order valence-corrected chi connectivity index (χ0v) is 8.38. The highest BCUT2D eigenvalue weighted by molar-refractivity contribution is 5.83. The molecule has 0 aromatic heterocycles. The first-order valence-electron chi connectivity index (χ1n) is 4.42. The molecule has 0 aliphatic heterocycles. The van der Waals surface area contributed by atoms with Crippen LogP contribution in [0.3, 0.4) is 0 Å². The molecule has 3 nitrogen and oxygen atoms in total. The van der Waals surface area contributed by atoms with Gasteiger partial charge in [-0.15, -0.1) is 0 Å². The van der Waals surface area contributed by atoms with E-state index >= 15 is 0 Å². The van der Waals surface area contributed by atoms with Crippen molar-refractivity contribution in [3.8, 4) is 5.75 Å². The first kappa shape index (κ1) is 11.0. The van der Waals surface area contributed by atoms with E-state index in [4.69, 9.17) is 14.6 Å². The quantitative estimate of drug-likeness (QED) is 0.726. The number of carboxylic acid groups (broad SMARTS) is 1. The van der Waals surface area contributed by atoms with Gasteiger partial charge in [0.05, 0.1) is 7.11 Å². The Labute approximate surface area is 87.9 Å². The molecular formula is C12H12O3. The van der Waals surface area contributed by atoms with Gasteiger partial charge in [-0.25, -0.2) is 0 Å². The van der Waals surface area contributed by atoms with Gasteiger partial charge in [0, 0.05) is 0 Å². The minimum Gasteiger partial charge on any atom is -0.497 e. The van der Waals surface area contributed by atoms with Gasteiger partial charge in [-0.05, 0) is 22.9 Å². The van der Waals surface area contributed by atoms with Gasteiger partial charge in [-0.3, -0.25) is 4.79 Å².